The Kier molecular flexibility index (Phi) is 6.07. The number of hydrogen-bond donors (Lipinski definition) is 1. The maximum absolute atomic E-state index is 13.1. The summed E-state index contributed by atoms with van der Waals surface area (Å²) < 4.78 is 40.7. The van der Waals surface area contributed by atoms with E-state index in [0.29, 0.717) is 5.69 Å². The van der Waals surface area contributed by atoms with Crippen LogP contribution in [0.4, 0.5) is 10.1 Å². The molecule has 8 heteroatoms. The van der Waals surface area contributed by atoms with E-state index >= 15 is 0 Å². The number of sulfonamides is 1. The lowest BCUT2D eigenvalue weighted by Gasteiger charge is -2.37. The molecule has 1 heterocycles. The van der Waals surface area contributed by atoms with Gasteiger partial charge in [0, 0.05) is 17.8 Å². The zero-order valence-electron chi connectivity index (χ0n) is 15.7. The van der Waals surface area contributed by atoms with Gasteiger partial charge < -0.3 is 5.32 Å². The number of nitrogens with zero attached hydrogens (tertiary/aromatic N) is 1. The van der Waals surface area contributed by atoms with Crippen LogP contribution in [0.25, 0.3) is 0 Å². The van der Waals surface area contributed by atoms with Gasteiger partial charge >= 0.3 is 0 Å². The molecule has 0 bridgehead atoms. The minimum Gasteiger partial charge on any atom is -0.322 e. The molecule has 2 aromatic carbocycles. The fourth-order valence-corrected chi connectivity index (χ4v) is 5.71. The number of carbonyl (C=O) groups is 1. The zero-order valence-corrected chi connectivity index (χ0v) is 17.2. The van der Waals surface area contributed by atoms with Crippen molar-refractivity contribution in [2.75, 3.05) is 5.32 Å². The summed E-state index contributed by atoms with van der Waals surface area (Å²) in [4.78, 5) is 12.5. The Labute approximate surface area is 169 Å². The van der Waals surface area contributed by atoms with E-state index in [-0.39, 0.29) is 27.6 Å². The van der Waals surface area contributed by atoms with Gasteiger partial charge in [-0.1, -0.05) is 18.0 Å². The zero-order chi connectivity index (χ0) is 20.5. The predicted molar refractivity (Wildman–Crippen MR) is 108 cm³/mol. The van der Waals surface area contributed by atoms with E-state index in [1.165, 1.54) is 30.3 Å². The normalized spacial score (nSPS) is 20.7. The molecule has 0 aliphatic carbocycles. The van der Waals surface area contributed by atoms with Gasteiger partial charge in [-0.3, -0.25) is 4.79 Å². The Morgan fingerprint density at radius 3 is 2.29 bits per heavy atom. The summed E-state index contributed by atoms with van der Waals surface area (Å²) >= 11 is 5.90. The van der Waals surface area contributed by atoms with Crippen LogP contribution >= 0.6 is 11.6 Å². The molecule has 2 atom stereocenters. The first-order valence-electron chi connectivity index (χ1n) is 9.10. The van der Waals surface area contributed by atoms with Crippen molar-refractivity contribution in [2.45, 2.75) is 50.1 Å². The van der Waals surface area contributed by atoms with Crippen LogP contribution in [-0.2, 0) is 10.0 Å². The highest BCUT2D eigenvalue weighted by Gasteiger charge is 2.35. The second-order valence-electron chi connectivity index (χ2n) is 7.07. The van der Waals surface area contributed by atoms with Crippen molar-refractivity contribution in [3.63, 3.8) is 0 Å². The quantitative estimate of drug-likeness (QED) is 0.774. The second-order valence-corrected chi connectivity index (χ2v) is 9.32. The molecule has 2 unspecified atom stereocenters. The van der Waals surface area contributed by atoms with Gasteiger partial charge in [-0.2, -0.15) is 4.31 Å². The fourth-order valence-electron chi connectivity index (χ4n) is 3.58. The minimum absolute atomic E-state index is 0.00442. The molecule has 5 nitrogen and oxygen atoms in total. The first-order valence-corrected chi connectivity index (χ1v) is 10.9. The molecule has 1 aliphatic heterocycles. The molecule has 1 N–H and O–H groups in total. The van der Waals surface area contributed by atoms with Crippen molar-refractivity contribution in [1.82, 2.24) is 4.31 Å². The van der Waals surface area contributed by atoms with E-state index in [1.54, 1.807) is 4.31 Å². The minimum atomic E-state index is -3.61. The van der Waals surface area contributed by atoms with Gasteiger partial charge in [0.15, 0.2) is 0 Å². The second kappa shape index (κ2) is 8.19. The molecule has 1 amide bonds. The van der Waals surface area contributed by atoms with E-state index < -0.39 is 21.7 Å². The smallest absolute Gasteiger partial charge is 0.257 e. The van der Waals surface area contributed by atoms with Gasteiger partial charge in [-0.15, -0.1) is 0 Å². The van der Waals surface area contributed by atoms with Crippen molar-refractivity contribution in [2.24, 2.45) is 0 Å². The number of benzene rings is 2. The lowest BCUT2D eigenvalue weighted by atomic mass is 10.0. The van der Waals surface area contributed by atoms with Crippen LogP contribution in [0.3, 0.4) is 0 Å². The molecular weight excluding hydrogens is 403 g/mol. The molecule has 150 valence electrons. The highest BCUT2D eigenvalue weighted by atomic mass is 35.5. The van der Waals surface area contributed by atoms with Crippen LogP contribution in [0.15, 0.2) is 47.4 Å². The molecule has 2 aromatic rings. The summed E-state index contributed by atoms with van der Waals surface area (Å²) in [5, 5.41) is 2.64. The maximum atomic E-state index is 13.1. The molecule has 1 aliphatic rings. The Balaban J connectivity index is 1.78. The highest BCUT2D eigenvalue weighted by Crippen LogP contribution is 2.30. The SMILES string of the molecule is CC1CCCC(C)N1S(=O)(=O)c1ccc(NC(=O)c2ccc(F)cc2Cl)cc1. The maximum Gasteiger partial charge on any atom is 0.257 e. The van der Waals surface area contributed by atoms with Crippen LogP contribution in [0, 0.1) is 5.82 Å². The number of carbonyl (C=O) groups excluding carboxylic acids is 1. The van der Waals surface area contributed by atoms with Crippen LogP contribution in [0.1, 0.15) is 43.5 Å². The van der Waals surface area contributed by atoms with E-state index in [4.69, 9.17) is 11.6 Å². The standard InChI is InChI=1S/C20H22ClFN2O3S/c1-13-4-3-5-14(2)24(13)28(26,27)17-9-7-16(8-10-17)23-20(25)18-11-6-15(22)12-19(18)21/h6-14H,3-5H2,1-2H3,(H,23,25). The van der Waals surface area contributed by atoms with Gasteiger partial charge in [0.05, 0.1) is 15.5 Å². The molecule has 0 aromatic heterocycles. The van der Waals surface area contributed by atoms with Gasteiger partial charge in [0.1, 0.15) is 5.82 Å². The average Bonchev–Trinajstić information content (AvgIpc) is 2.61. The third kappa shape index (κ3) is 4.21. The monoisotopic (exact) mass is 424 g/mol. The van der Waals surface area contributed by atoms with Crippen LogP contribution in [-0.4, -0.2) is 30.7 Å². The van der Waals surface area contributed by atoms with E-state index in [9.17, 15) is 17.6 Å². The molecule has 0 spiro atoms. The molecule has 0 radical (unpaired) electrons. The van der Waals surface area contributed by atoms with Crippen LogP contribution in [0.5, 0.6) is 0 Å². The molecule has 1 fully saturated rings. The van der Waals surface area contributed by atoms with Crippen molar-refractivity contribution >= 4 is 33.2 Å². The van der Waals surface area contributed by atoms with Gasteiger partial charge in [-0.05, 0) is 69.2 Å². The Hall–Kier alpha value is -1.96. The topological polar surface area (TPSA) is 66.5 Å². The molecule has 1 saturated heterocycles. The fraction of sp³-hybridized carbons (Fsp3) is 0.350. The number of nitrogens with one attached hydrogen (secondary N) is 1. The first kappa shape index (κ1) is 20.8. The Morgan fingerprint density at radius 1 is 1.11 bits per heavy atom. The van der Waals surface area contributed by atoms with E-state index in [2.05, 4.69) is 5.32 Å². The Morgan fingerprint density at radius 2 is 1.71 bits per heavy atom. The van der Waals surface area contributed by atoms with Crippen molar-refractivity contribution in [3.05, 3.63) is 58.9 Å². The number of rotatable bonds is 4. The predicted octanol–water partition coefficient (Wildman–Crippen LogP) is 4.68. The summed E-state index contributed by atoms with van der Waals surface area (Å²) in [7, 11) is -3.61. The summed E-state index contributed by atoms with van der Waals surface area (Å²) in [6.07, 6.45) is 2.71. The Bertz CT molecular complexity index is 969. The molecule has 28 heavy (non-hydrogen) atoms. The summed E-state index contributed by atoms with van der Waals surface area (Å²) in [6, 6.07) is 9.43. The number of hydrogen-bond acceptors (Lipinski definition) is 3. The lowest BCUT2D eigenvalue weighted by Crippen LogP contribution is -2.47. The third-order valence-corrected chi connectivity index (χ3v) is 7.43. The van der Waals surface area contributed by atoms with Gasteiger partial charge in [0.25, 0.3) is 5.91 Å². The van der Waals surface area contributed by atoms with Gasteiger partial charge in [-0.25, -0.2) is 12.8 Å². The average molecular weight is 425 g/mol. The van der Waals surface area contributed by atoms with Crippen LogP contribution in [0.2, 0.25) is 5.02 Å². The number of anilines is 1. The van der Waals surface area contributed by atoms with Crippen molar-refractivity contribution in [1.29, 1.82) is 0 Å². The van der Waals surface area contributed by atoms with E-state index in [1.807, 2.05) is 13.8 Å². The molecular formula is C20H22ClFN2O3S. The van der Waals surface area contributed by atoms with Crippen molar-refractivity contribution in [3.8, 4) is 0 Å². The highest BCUT2D eigenvalue weighted by molar-refractivity contribution is 7.89. The van der Waals surface area contributed by atoms with E-state index in [0.717, 1.165) is 31.4 Å². The summed E-state index contributed by atoms with van der Waals surface area (Å²) in [5.74, 6) is -1.03. The van der Waals surface area contributed by atoms with Crippen LogP contribution < -0.4 is 5.32 Å². The molecule has 3 rings (SSSR count). The molecule has 0 saturated carbocycles. The van der Waals surface area contributed by atoms with Gasteiger partial charge in [0.2, 0.25) is 10.0 Å². The number of halogens is 2. The van der Waals surface area contributed by atoms with Crippen molar-refractivity contribution < 1.29 is 17.6 Å². The number of amides is 1. The summed E-state index contributed by atoms with van der Waals surface area (Å²) in [5.41, 5.74) is 0.555. The first-order chi connectivity index (χ1) is 13.2. The number of piperidine rings is 1. The third-order valence-electron chi connectivity index (χ3n) is 4.98. The summed E-state index contributed by atoms with van der Waals surface area (Å²) in [6.45, 7) is 3.85. The largest absolute Gasteiger partial charge is 0.322 e. The lowest BCUT2D eigenvalue weighted by molar-refractivity contribution is 0.102.